The van der Waals surface area contributed by atoms with Crippen molar-refractivity contribution in [1.82, 2.24) is 59.9 Å². The van der Waals surface area contributed by atoms with Crippen LogP contribution in [0.4, 0.5) is 0 Å². The quantitative estimate of drug-likeness (QED) is 0.0943. The maximum Gasteiger partial charge on any atom is 0.134 e. The predicted octanol–water partition coefficient (Wildman–Crippen LogP) is 10.9. The van der Waals surface area contributed by atoms with Crippen LogP contribution in [0.5, 0.6) is 17.2 Å². The molecule has 0 unspecified atom stereocenters. The highest BCUT2D eigenvalue weighted by Crippen LogP contribution is 2.39. The Morgan fingerprint density at radius 1 is 0.395 bits per heavy atom. The lowest BCUT2D eigenvalue weighted by Crippen LogP contribution is -2.16. The van der Waals surface area contributed by atoms with Crippen molar-refractivity contribution in [3.63, 3.8) is 0 Å². The average Bonchev–Trinajstić information content (AvgIpc) is 4.22. The minimum absolute atomic E-state index is 0.158. The van der Waals surface area contributed by atoms with Crippen LogP contribution in [0.15, 0.2) is 129 Å². The summed E-state index contributed by atoms with van der Waals surface area (Å²) in [5, 5.41) is 26.8. The van der Waals surface area contributed by atoms with Crippen LogP contribution in [0.25, 0.3) is 0 Å². The van der Waals surface area contributed by atoms with E-state index in [4.69, 9.17) is 28.4 Å². The van der Waals surface area contributed by atoms with E-state index in [1.807, 2.05) is 73.6 Å². The van der Waals surface area contributed by atoms with Gasteiger partial charge in [0.05, 0.1) is 77.9 Å². The molecular formula is C63H72N12O6. The first-order chi connectivity index (χ1) is 39.0. The van der Waals surface area contributed by atoms with Crippen LogP contribution in [0.2, 0.25) is 0 Å². The van der Waals surface area contributed by atoms with Gasteiger partial charge >= 0.3 is 0 Å². The largest absolute Gasteiger partial charge is 0.486 e. The van der Waals surface area contributed by atoms with Crippen molar-refractivity contribution in [1.29, 1.82) is 0 Å². The highest BCUT2D eigenvalue weighted by Gasteiger charge is 2.26. The minimum Gasteiger partial charge on any atom is -0.486 e. The van der Waals surface area contributed by atoms with Crippen LogP contribution in [0, 0.1) is 0 Å². The lowest BCUT2D eigenvalue weighted by atomic mass is 9.84. The standard InChI is InChI=1S/C63H72N12O6/c1-61(2,3)52-19-46-34-76-36-48-21-53(62(4,5)6)23-50(59(48)80-41-56-32-74(71-68-56)29-44-14-11-17-65-26-44)38-78-39-51-24-54(63(7,8)9)22-49(60(51)81-42-57-33-75(72-69-57)30-45-15-12-18-66-27-45)37-77-35-47(20-52)58(46)79-40-55-31-73(70-67-55)28-43-13-10-16-64-25-43/h10-27,31-33H,28-30,34-42H2,1-9H3. The zero-order chi connectivity index (χ0) is 56.6. The molecule has 0 saturated carbocycles. The summed E-state index contributed by atoms with van der Waals surface area (Å²) in [6.45, 7) is 23.2. The Kier molecular flexibility index (Phi) is 17.1. The molecule has 0 spiro atoms. The van der Waals surface area contributed by atoms with Crippen LogP contribution in [0.1, 0.15) is 146 Å². The van der Waals surface area contributed by atoms with Crippen molar-refractivity contribution in [3.8, 4) is 17.2 Å². The zero-order valence-corrected chi connectivity index (χ0v) is 47.9. The summed E-state index contributed by atoms with van der Waals surface area (Å²) < 4.78 is 46.6. The Bertz CT molecular complexity index is 3080. The topological polar surface area (TPSA) is 186 Å². The second-order valence-corrected chi connectivity index (χ2v) is 23.8. The summed E-state index contributed by atoms with van der Waals surface area (Å²) >= 11 is 0. The van der Waals surface area contributed by atoms with Gasteiger partial charge in [0.15, 0.2) is 0 Å². The molecule has 3 aromatic carbocycles. The van der Waals surface area contributed by atoms with Gasteiger partial charge in [-0.3, -0.25) is 15.0 Å². The first-order valence-electron chi connectivity index (χ1n) is 27.4. The molecule has 0 aliphatic carbocycles. The van der Waals surface area contributed by atoms with Gasteiger partial charge in [-0.15, -0.1) is 15.3 Å². The first-order valence-corrected chi connectivity index (χ1v) is 27.4. The fourth-order valence-electron chi connectivity index (χ4n) is 9.49. The van der Waals surface area contributed by atoms with Gasteiger partial charge in [-0.1, -0.05) is 96.2 Å². The highest BCUT2D eigenvalue weighted by molar-refractivity contribution is 5.49. The number of pyridine rings is 3. The van der Waals surface area contributed by atoms with E-state index in [0.717, 1.165) is 66.8 Å². The van der Waals surface area contributed by atoms with Gasteiger partial charge in [0.25, 0.3) is 0 Å². The molecular weight excluding hydrogens is 1020 g/mol. The number of aromatic nitrogens is 12. The van der Waals surface area contributed by atoms with E-state index >= 15 is 0 Å². The molecule has 18 heteroatoms. The highest BCUT2D eigenvalue weighted by atomic mass is 16.5. The van der Waals surface area contributed by atoms with Gasteiger partial charge in [0, 0.05) is 70.6 Å². The van der Waals surface area contributed by atoms with Crippen molar-refractivity contribution in [2.45, 2.75) is 158 Å². The molecule has 7 heterocycles. The number of benzene rings is 3. The summed E-state index contributed by atoms with van der Waals surface area (Å²) in [6, 6.07) is 24.9. The summed E-state index contributed by atoms with van der Waals surface area (Å²) in [7, 11) is 0. The van der Waals surface area contributed by atoms with E-state index in [0.29, 0.717) is 54.0 Å². The van der Waals surface area contributed by atoms with Crippen LogP contribution in [-0.4, -0.2) is 59.9 Å². The number of rotatable bonds is 15. The molecule has 81 heavy (non-hydrogen) atoms. The van der Waals surface area contributed by atoms with Crippen LogP contribution in [0.3, 0.4) is 0 Å². The molecule has 420 valence electrons. The third-order valence-electron chi connectivity index (χ3n) is 13.9. The number of nitrogens with zero attached hydrogens (tertiary/aromatic N) is 12. The smallest absolute Gasteiger partial charge is 0.134 e. The van der Waals surface area contributed by atoms with E-state index in [9.17, 15) is 0 Å². The fourth-order valence-corrected chi connectivity index (χ4v) is 9.49. The third-order valence-corrected chi connectivity index (χ3v) is 13.9. The van der Waals surface area contributed by atoms with Crippen molar-refractivity contribution < 1.29 is 28.4 Å². The molecule has 10 rings (SSSR count). The molecule has 9 aromatic rings. The molecule has 0 N–H and O–H groups in total. The van der Waals surface area contributed by atoms with Gasteiger partial charge in [0.2, 0.25) is 0 Å². The van der Waals surface area contributed by atoms with Gasteiger partial charge in [-0.2, -0.15) is 0 Å². The normalized spacial score (nSPS) is 13.6. The molecule has 0 fully saturated rings. The number of hydrogen-bond donors (Lipinski definition) is 0. The van der Waals surface area contributed by atoms with Crippen molar-refractivity contribution in [2.75, 3.05) is 0 Å². The molecule has 1 aliphatic rings. The third kappa shape index (κ3) is 14.8. The van der Waals surface area contributed by atoms with E-state index < -0.39 is 0 Å². The summed E-state index contributed by atoms with van der Waals surface area (Å²) in [5.74, 6) is 1.97. The number of fused-ring (bicyclic) bond motifs is 6. The molecule has 1 aliphatic heterocycles. The predicted molar refractivity (Wildman–Crippen MR) is 304 cm³/mol. The number of hydrogen-bond acceptors (Lipinski definition) is 15. The Hall–Kier alpha value is -8.19. The lowest BCUT2D eigenvalue weighted by Gasteiger charge is -2.26. The Balaban J connectivity index is 1.04. The Morgan fingerprint density at radius 3 is 0.877 bits per heavy atom. The van der Waals surface area contributed by atoms with Gasteiger partial charge in [-0.05, 0) is 104 Å². The summed E-state index contributed by atoms with van der Waals surface area (Å²) in [5.41, 5.74) is 12.9. The van der Waals surface area contributed by atoms with Crippen molar-refractivity contribution >= 4 is 0 Å². The molecule has 6 bridgehead atoms. The van der Waals surface area contributed by atoms with Gasteiger partial charge < -0.3 is 28.4 Å². The SMILES string of the molecule is CC(C)(C)c1cc2c(OCc3cn(Cc4cccnc4)nn3)c(c1)COCc1cc(C(C)(C)C)cc(c1OCc1cn(Cc3cccnc3)nn1)COCc1cc(C(C)(C)C)cc(c1OCc1cn(Cc3cccnc3)nn1)COC2. The van der Waals surface area contributed by atoms with Crippen molar-refractivity contribution in [2.24, 2.45) is 0 Å². The Labute approximate surface area is 473 Å². The van der Waals surface area contributed by atoms with E-state index in [1.54, 1.807) is 32.6 Å². The van der Waals surface area contributed by atoms with Crippen LogP contribution >= 0.6 is 0 Å². The maximum atomic E-state index is 6.89. The number of ether oxygens (including phenoxy) is 6. The minimum atomic E-state index is -0.235. The summed E-state index contributed by atoms with van der Waals surface area (Å²) in [4.78, 5) is 12.8. The lowest BCUT2D eigenvalue weighted by molar-refractivity contribution is 0.0892. The van der Waals surface area contributed by atoms with E-state index in [-0.39, 0.29) is 75.7 Å². The first kappa shape index (κ1) is 56.1. The fraction of sp³-hybridized carbons (Fsp3) is 0.381. The molecule has 6 aromatic heterocycles. The molecule has 0 radical (unpaired) electrons. The summed E-state index contributed by atoms with van der Waals surface area (Å²) in [6.07, 6.45) is 16.5. The van der Waals surface area contributed by atoms with Crippen molar-refractivity contribution in [3.05, 3.63) is 212 Å². The average molecular weight is 1090 g/mol. The van der Waals surface area contributed by atoms with Crippen LogP contribution in [-0.2, 0) is 110 Å². The second-order valence-electron chi connectivity index (χ2n) is 23.8. The second kappa shape index (κ2) is 24.7. The monoisotopic (exact) mass is 1090 g/mol. The molecule has 18 nitrogen and oxygen atoms in total. The van der Waals surface area contributed by atoms with Crippen LogP contribution < -0.4 is 14.2 Å². The van der Waals surface area contributed by atoms with E-state index in [1.165, 1.54) is 0 Å². The zero-order valence-electron chi connectivity index (χ0n) is 47.9. The molecule has 0 atom stereocenters. The maximum absolute atomic E-state index is 6.89. The van der Waals surface area contributed by atoms with Gasteiger partial charge in [-0.25, -0.2) is 14.0 Å². The molecule has 0 amide bonds. The van der Waals surface area contributed by atoms with E-state index in [2.05, 4.69) is 145 Å². The van der Waals surface area contributed by atoms with Gasteiger partial charge in [0.1, 0.15) is 54.2 Å². The molecule has 0 saturated heterocycles. The Morgan fingerprint density at radius 2 is 0.654 bits per heavy atom.